The van der Waals surface area contributed by atoms with Crippen molar-refractivity contribution in [2.24, 2.45) is 0 Å². The maximum Gasteiger partial charge on any atom is 0.252 e. The van der Waals surface area contributed by atoms with E-state index in [1.165, 1.54) is 11.3 Å². The van der Waals surface area contributed by atoms with E-state index >= 15 is 0 Å². The minimum absolute atomic E-state index is 0.0513. The number of ketones is 1. The van der Waals surface area contributed by atoms with Gasteiger partial charge in [-0.3, -0.25) is 9.59 Å². The number of nitrogens with one attached hydrogen (secondary N) is 1. The van der Waals surface area contributed by atoms with E-state index in [1.54, 1.807) is 30.3 Å². The van der Waals surface area contributed by atoms with Gasteiger partial charge in [-0.05, 0) is 37.3 Å². The molecule has 1 aromatic heterocycles. The van der Waals surface area contributed by atoms with Crippen LogP contribution in [0.15, 0.2) is 41.8 Å². The van der Waals surface area contributed by atoms with Gasteiger partial charge < -0.3 is 10.4 Å². The van der Waals surface area contributed by atoms with Crippen molar-refractivity contribution >= 4 is 23.0 Å². The Bertz CT molecular complexity index is 637. The SMILES string of the molecule is CC(CCCO)NC(=O)c1ccccc1C(=O)c1cccs1. The highest BCUT2D eigenvalue weighted by atomic mass is 32.1. The third kappa shape index (κ3) is 4.02. The van der Waals surface area contributed by atoms with E-state index in [9.17, 15) is 9.59 Å². The van der Waals surface area contributed by atoms with Crippen molar-refractivity contribution in [1.29, 1.82) is 0 Å². The second-order valence-electron chi connectivity index (χ2n) is 5.09. The quantitative estimate of drug-likeness (QED) is 0.772. The van der Waals surface area contributed by atoms with E-state index in [4.69, 9.17) is 5.11 Å². The summed E-state index contributed by atoms with van der Waals surface area (Å²) in [5.41, 5.74) is 0.800. The molecule has 1 heterocycles. The van der Waals surface area contributed by atoms with Crippen molar-refractivity contribution in [3.05, 3.63) is 57.8 Å². The molecule has 0 saturated heterocycles. The molecular weight excluding hydrogens is 298 g/mol. The molecule has 1 amide bonds. The summed E-state index contributed by atoms with van der Waals surface area (Å²) < 4.78 is 0. The van der Waals surface area contributed by atoms with Crippen molar-refractivity contribution in [2.45, 2.75) is 25.8 Å². The fourth-order valence-corrected chi connectivity index (χ4v) is 2.87. The zero-order valence-electron chi connectivity index (χ0n) is 12.4. The molecule has 5 heteroatoms. The number of amides is 1. The third-order valence-corrected chi connectivity index (χ3v) is 4.20. The lowest BCUT2D eigenvalue weighted by atomic mass is 10.0. The van der Waals surface area contributed by atoms with Gasteiger partial charge in [0.25, 0.3) is 5.91 Å². The highest BCUT2D eigenvalue weighted by Gasteiger charge is 2.19. The van der Waals surface area contributed by atoms with Crippen LogP contribution < -0.4 is 5.32 Å². The van der Waals surface area contributed by atoms with Crippen LogP contribution in [-0.4, -0.2) is 29.4 Å². The fraction of sp³-hybridized carbons (Fsp3) is 0.294. The van der Waals surface area contributed by atoms with Gasteiger partial charge in [0.15, 0.2) is 0 Å². The summed E-state index contributed by atoms with van der Waals surface area (Å²) in [6.07, 6.45) is 1.33. The first-order valence-corrected chi connectivity index (χ1v) is 8.10. The minimum atomic E-state index is -0.258. The summed E-state index contributed by atoms with van der Waals surface area (Å²) in [6.45, 7) is 1.99. The molecule has 2 rings (SSSR count). The van der Waals surface area contributed by atoms with Crippen molar-refractivity contribution in [1.82, 2.24) is 5.32 Å². The van der Waals surface area contributed by atoms with Crippen molar-refractivity contribution in [2.75, 3.05) is 6.61 Å². The van der Waals surface area contributed by atoms with Crippen molar-refractivity contribution in [3.63, 3.8) is 0 Å². The van der Waals surface area contributed by atoms with Crippen LogP contribution in [0.2, 0.25) is 0 Å². The molecule has 116 valence electrons. The van der Waals surface area contributed by atoms with E-state index in [2.05, 4.69) is 5.32 Å². The summed E-state index contributed by atoms with van der Waals surface area (Å²) >= 11 is 1.36. The largest absolute Gasteiger partial charge is 0.396 e. The molecule has 2 N–H and O–H groups in total. The second-order valence-corrected chi connectivity index (χ2v) is 6.04. The number of benzene rings is 1. The highest BCUT2D eigenvalue weighted by Crippen LogP contribution is 2.18. The number of rotatable bonds is 7. The first-order chi connectivity index (χ1) is 10.6. The second kappa shape index (κ2) is 7.87. The number of aliphatic hydroxyl groups is 1. The van der Waals surface area contributed by atoms with Gasteiger partial charge in [0.05, 0.1) is 10.4 Å². The van der Waals surface area contributed by atoms with Gasteiger partial charge in [0.2, 0.25) is 5.78 Å². The summed E-state index contributed by atoms with van der Waals surface area (Å²) in [4.78, 5) is 25.5. The standard InChI is InChI=1S/C17H19NO3S/c1-12(6-4-10-19)18-17(21)14-8-3-2-7-13(14)16(20)15-9-5-11-22-15/h2-3,5,7-9,11-12,19H,4,6,10H2,1H3,(H,18,21). The number of thiophene rings is 1. The van der Waals surface area contributed by atoms with Gasteiger partial charge in [0.1, 0.15) is 0 Å². The van der Waals surface area contributed by atoms with Crippen molar-refractivity contribution in [3.8, 4) is 0 Å². The predicted molar refractivity (Wildman–Crippen MR) is 87.4 cm³/mol. The number of carbonyl (C=O) groups excluding carboxylic acids is 2. The molecule has 0 radical (unpaired) electrons. The molecular formula is C17H19NO3S. The monoisotopic (exact) mass is 317 g/mol. The Kier molecular flexibility index (Phi) is 5.86. The zero-order valence-corrected chi connectivity index (χ0v) is 13.2. The minimum Gasteiger partial charge on any atom is -0.396 e. The van der Waals surface area contributed by atoms with E-state index in [1.807, 2.05) is 18.4 Å². The maximum atomic E-state index is 12.5. The summed E-state index contributed by atoms with van der Waals surface area (Å²) in [7, 11) is 0. The van der Waals surface area contributed by atoms with Gasteiger partial charge in [-0.2, -0.15) is 0 Å². The summed E-state index contributed by atoms with van der Waals surface area (Å²) in [5.74, 6) is -0.394. The molecule has 1 atom stereocenters. The Morgan fingerprint density at radius 1 is 1.18 bits per heavy atom. The van der Waals surface area contributed by atoms with Crippen LogP contribution in [0.4, 0.5) is 0 Å². The van der Waals surface area contributed by atoms with Crippen LogP contribution >= 0.6 is 11.3 Å². The predicted octanol–water partition coefficient (Wildman–Crippen LogP) is 2.87. The molecule has 22 heavy (non-hydrogen) atoms. The molecule has 0 aliphatic rings. The van der Waals surface area contributed by atoms with Gasteiger partial charge in [-0.1, -0.05) is 24.3 Å². The first-order valence-electron chi connectivity index (χ1n) is 7.22. The van der Waals surface area contributed by atoms with E-state index < -0.39 is 0 Å². The normalized spacial score (nSPS) is 11.9. The number of hydrogen-bond donors (Lipinski definition) is 2. The molecule has 0 fully saturated rings. The molecule has 0 aliphatic carbocycles. The maximum absolute atomic E-state index is 12.5. The Morgan fingerprint density at radius 3 is 2.55 bits per heavy atom. The van der Waals surface area contributed by atoms with Crippen LogP contribution in [0.25, 0.3) is 0 Å². The molecule has 1 unspecified atom stereocenters. The summed E-state index contributed by atoms with van der Waals surface area (Å²) in [6, 6.07) is 10.4. The van der Waals surface area contributed by atoms with Crippen LogP contribution in [0, 0.1) is 0 Å². The average molecular weight is 317 g/mol. The molecule has 0 saturated carbocycles. The molecule has 4 nitrogen and oxygen atoms in total. The number of hydrogen-bond acceptors (Lipinski definition) is 4. The summed E-state index contributed by atoms with van der Waals surface area (Å²) in [5, 5.41) is 13.5. The van der Waals surface area contributed by atoms with Crippen LogP contribution in [0.3, 0.4) is 0 Å². The first kappa shape index (κ1) is 16.4. The lowest BCUT2D eigenvalue weighted by Gasteiger charge is -2.14. The topological polar surface area (TPSA) is 66.4 Å². The van der Waals surface area contributed by atoms with E-state index in [-0.39, 0.29) is 24.3 Å². The van der Waals surface area contributed by atoms with Crippen LogP contribution in [0.1, 0.15) is 45.4 Å². The van der Waals surface area contributed by atoms with Crippen molar-refractivity contribution < 1.29 is 14.7 Å². The van der Waals surface area contributed by atoms with Crippen LogP contribution in [0.5, 0.6) is 0 Å². The van der Waals surface area contributed by atoms with E-state index in [0.29, 0.717) is 28.8 Å². The Morgan fingerprint density at radius 2 is 1.91 bits per heavy atom. The lowest BCUT2D eigenvalue weighted by molar-refractivity contribution is 0.0926. The Hall–Kier alpha value is -1.98. The molecule has 1 aromatic carbocycles. The van der Waals surface area contributed by atoms with E-state index in [0.717, 1.165) is 0 Å². The average Bonchev–Trinajstić information content (AvgIpc) is 3.06. The van der Waals surface area contributed by atoms with Crippen LogP contribution in [-0.2, 0) is 0 Å². The molecule has 2 aromatic rings. The third-order valence-electron chi connectivity index (χ3n) is 3.33. The Labute approximate surface area is 133 Å². The van der Waals surface area contributed by atoms with Gasteiger partial charge in [0, 0.05) is 18.2 Å². The molecule has 0 aliphatic heterocycles. The van der Waals surface area contributed by atoms with Gasteiger partial charge in [-0.15, -0.1) is 11.3 Å². The zero-order chi connectivity index (χ0) is 15.9. The van der Waals surface area contributed by atoms with Gasteiger partial charge in [-0.25, -0.2) is 0 Å². The molecule has 0 spiro atoms. The lowest BCUT2D eigenvalue weighted by Crippen LogP contribution is -2.33. The Balaban J connectivity index is 2.17. The highest BCUT2D eigenvalue weighted by molar-refractivity contribution is 7.12. The molecule has 0 bridgehead atoms. The number of aliphatic hydroxyl groups excluding tert-OH is 1. The smallest absolute Gasteiger partial charge is 0.252 e. The van der Waals surface area contributed by atoms with Gasteiger partial charge >= 0.3 is 0 Å². The fourth-order valence-electron chi connectivity index (χ4n) is 2.19. The number of carbonyl (C=O) groups is 2.